The number of hydrogen-bond donors (Lipinski definition) is 0. The van der Waals surface area contributed by atoms with Gasteiger partial charge in [0.05, 0.1) is 18.1 Å². The number of rotatable bonds is 6. The first-order valence-corrected chi connectivity index (χ1v) is 11.2. The lowest BCUT2D eigenvalue weighted by Crippen LogP contribution is -2.42. The molecule has 0 N–H and O–H groups in total. The lowest BCUT2D eigenvalue weighted by atomic mass is 10.2. The number of thiophene rings is 1. The molecule has 10 heteroatoms. The van der Waals surface area contributed by atoms with Crippen LogP contribution in [0.3, 0.4) is 0 Å². The summed E-state index contributed by atoms with van der Waals surface area (Å²) < 4.78 is 28.7. The summed E-state index contributed by atoms with van der Waals surface area (Å²) in [7, 11) is -3.15. The molecule has 7 nitrogen and oxygen atoms in total. The van der Waals surface area contributed by atoms with Crippen molar-refractivity contribution in [3.8, 4) is 0 Å². The van der Waals surface area contributed by atoms with E-state index in [2.05, 4.69) is 4.98 Å². The number of aromatic nitrogens is 1. The highest BCUT2D eigenvalue weighted by molar-refractivity contribution is 7.91. The largest absolute Gasteiger partial charge is 0.451 e. The van der Waals surface area contributed by atoms with Crippen molar-refractivity contribution >= 4 is 44.7 Å². The van der Waals surface area contributed by atoms with Crippen molar-refractivity contribution in [3.05, 3.63) is 51.4 Å². The van der Waals surface area contributed by atoms with E-state index < -0.39 is 34.4 Å². The Hall–Kier alpha value is -1.97. The molecule has 0 radical (unpaired) electrons. The highest BCUT2D eigenvalue weighted by Crippen LogP contribution is 2.22. The summed E-state index contributed by atoms with van der Waals surface area (Å²) in [5.41, 5.74) is 0.00329. The Bertz CT molecular complexity index is 931. The summed E-state index contributed by atoms with van der Waals surface area (Å²) in [5, 5.41) is 2.22. The zero-order valence-electron chi connectivity index (χ0n) is 14.2. The minimum absolute atomic E-state index is 0.00329. The monoisotopic (exact) mass is 428 g/mol. The molecule has 0 unspecified atom stereocenters. The molecule has 1 fully saturated rings. The van der Waals surface area contributed by atoms with Crippen LogP contribution in [0, 0.1) is 0 Å². The van der Waals surface area contributed by atoms with Gasteiger partial charge in [-0.1, -0.05) is 17.7 Å². The SMILES string of the molecule is O=C(OCC(=O)N(Cc1cccs1)[C@@H]1CCS(=O)(=O)C1)c1cc(Cl)ccn1. The second-order valence-electron chi connectivity index (χ2n) is 6.09. The van der Waals surface area contributed by atoms with Crippen molar-refractivity contribution in [1.82, 2.24) is 9.88 Å². The first kappa shape index (κ1) is 19.8. The van der Waals surface area contributed by atoms with Gasteiger partial charge in [-0.2, -0.15) is 0 Å². The third-order valence-corrected chi connectivity index (χ3v) is 6.98. The van der Waals surface area contributed by atoms with Crippen molar-refractivity contribution in [3.63, 3.8) is 0 Å². The molecule has 0 aromatic carbocycles. The highest BCUT2D eigenvalue weighted by Gasteiger charge is 2.35. The zero-order chi connectivity index (χ0) is 19.4. The Labute approximate surface area is 165 Å². The van der Waals surface area contributed by atoms with Crippen molar-refractivity contribution < 1.29 is 22.7 Å². The predicted octanol–water partition coefficient (Wildman–Crippen LogP) is 2.17. The fourth-order valence-corrected chi connectivity index (χ4v) is 5.41. The van der Waals surface area contributed by atoms with E-state index >= 15 is 0 Å². The van der Waals surface area contributed by atoms with Crippen LogP contribution in [0.5, 0.6) is 0 Å². The van der Waals surface area contributed by atoms with Crippen molar-refractivity contribution in [2.75, 3.05) is 18.1 Å². The van der Waals surface area contributed by atoms with Crippen LogP contribution < -0.4 is 0 Å². The summed E-state index contributed by atoms with van der Waals surface area (Å²) in [6.45, 7) is -0.210. The number of pyridine rings is 1. The minimum Gasteiger partial charge on any atom is -0.451 e. The van der Waals surface area contributed by atoms with E-state index in [1.807, 2.05) is 17.5 Å². The second kappa shape index (κ2) is 8.37. The third-order valence-electron chi connectivity index (χ3n) is 4.13. The summed E-state index contributed by atoms with van der Waals surface area (Å²) in [5.74, 6) is -1.23. The minimum atomic E-state index is -3.15. The first-order valence-electron chi connectivity index (χ1n) is 8.15. The average Bonchev–Trinajstić information content (AvgIpc) is 3.26. The van der Waals surface area contributed by atoms with Gasteiger partial charge >= 0.3 is 5.97 Å². The smallest absolute Gasteiger partial charge is 0.357 e. The Kier molecular flexibility index (Phi) is 6.13. The highest BCUT2D eigenvalue weighted by atomic mass is 35.5. The van der Waals surface area contributed by atoms with Gasteiger partial charge in [0.25, 0.3) is 5.91 Å². The van der Waals surface area contributed by atoms with E-state index in [0.717, 1.165) is 4.88 Å². The molecule has 3 rings (SSSR count). The van der Waals surface area contributed by atoms with Crippen molar-refractivity contribution in [2.45, 2.75) is 19.0 Å². The summed E-state index contributed by atoms with van der Waals surface area (Å²) in [6.07, 6.45) is 1.75. The number of nitrogens with zero attached hydrogens (tertiary/aromatic N) is 2. The number of esters is 1. The van der Waals surface area contributed by atoms with E-state index in [-0.39, 0.29) is 23.7 Å². The van der Waals surface area contributed by atoms with Crippen LogP contribution >= 0.6 is 22.9 Å². The number of carbonyl (C=O) groups excluding carboxylic acids is 2. The van der Waals surface area contributed by atoms with Crippen LogP contribution in [0.2, 0.25) is 5.02 Å². The second-order valence-corrected chi connectivity index (χ2v) is 9.79. The van der Waals surface area contributed by atoms with Crippen LogP contribution in [0.15, 0.2) is 35.8 Å². The van der Waals surface area contributed by atoms with Gasteiger partial charge in [0, 0.05) is 22.1 Å². The quantitative estimate of drug-likeness (QED) is 0.654. The number of sulfone groups is 1. The molecule has 2 aromatic heterocycles. The van der Waals surface area contributed by atoms with Gasteiger partial charge in [0.2, 0.25) is 0 Å². The first-order chi connectivity index (χ1) is 12.8. The van der Waals surface area contributed by atoms with E-state index in [0.29, 0.717) is 11.4 Å². The van der Waals surface area contributed by atoms with Gasteiger partial charge < -0.3 is 9.64 Å². The van der Waals surface area contributed by atoms with Gasteiger partial charge in [-0.3, -0.25) is 4.79 Å². The van der Waals surface area contributed by atoms with E-state index in [9.17, 15) is 18.0 Å². The number of ether oxygens (including phenoxy) is 1. The molecule has 27 heavy (non-hydrogen) atoms. The molecule has 0 saturated carbocycles. The van der Waals surface area contributed by atoms with Crippen LogP contribution in [0.4, 0.5) is 0 Å². The number of amides is 1. The molecule has 3 heterocycles. The maximum Gasteiger partial charge on any atom is 0.357 e. The van der Waals surface area contributed by atoms with Crippen molar-refractivity contribution in [1.29, 1.82) is 0 Å². The Morgan fingerprint density at radius 3 is 2.81 bits per heavy atom. The lowest BCUT2D eigenvalue weighted by molar-refractivity contribution is -0.137. The molecular weight excluding hydrogens is 412 g/mol. The lowest BCUT2D eigenvalue weighted by Gasteiger charge is -2.27. The predicted molar refractivity (Wildman–Crippen MR) is 101 cm³/mol. The van der Waals surface area contributed by atoms with Crippen LogP contribution in [-0.2, 0) is 25.9 Å². The van der Waals surface area contributed by atoms with Crippen LogP contribution in [0.1, 0.15) is 21.8 Å². The standard InChI is InChI=1S/C17H17ClN2O5S2/c18-12-3-5-19-15(8-12)17(22)25-10-16(21)20(9-14-2-1-6-26-14)13-4-7-27(23,24)11-13/h1-3,5-6,8,13H,4,7,9-11H2/t13-/m1/s1. The Morgan fingerprint density at radius 2 is 2.19 bits per heavy atom. The van der Waals surface area contributed by atoms with E-state index in [1.165, 1.54) is 34.6 Å². The molecule has 1 saturated heterocycles. The molecule has 1 aliphatic rings. The molecule has 0 aliphatic carbocycles. The van der Waals surface area contributed by atoms with Crippen LogP contribution in [-0.4, -0.2) is 54.3 Å². The molecule has 1 amide bonds. The molecule has 0 spiro atoms. The maximum atomic E-state index is 12.7. The summed E-state index contributed by atoms with van der Waals surface area (Å²) in [4.78, 5) is 31.0. The fraction of sp³-hybridized carbons (Fsp3) is 0.353. The summed E-state index contributed by atoms with van der Waals surface area (Å²) in [6, 6.07) is 6.18. The Morgan fingerprint density at radius 1 is 1.37 bits per heavy atom. The number of halogens is 1. The molecule has 2 aromatic rings. The van der Waals surface area contributed by atoms with E-state index in [1.54, 1.807) is 0 Å². The van der Waals surface area contributed by atoms with Gasteiger partial charge in [-0.05, 0) is 30.0 Å². The molecule has 1 atom stereocenters. The maximum absolute atomic E-state index is 12.7. The zero-order valence-corrected chi connectivity index (χ0v) is 16.6. The third kappa shape index (κ3) is 5.27. The number of hydrogen-bond acceptors (Lipinski definition) is 7. The summed E-state index contributed by atoms with van der Waals surface area (Å²) >= 11 is 7.29. The Balaban J connectivity index is 1.68. The van der Waals surface area contributed by atoms with Gasteiger partial charge in [-0.25, -0.2) is 18.2 Å². The van der Waals surface area contributed by atoms with Gasteiger partial charge in [0.15, 0.2) is 16.4 Å². The molecular formula is C17H17ClN2O5S2. The molecule has 0 bridgehead atoms. The van der Waals surface area contributed by atoms with Gasteiger partial charge in [-0.15, -0.1) is 11.3 Å². The fourth-order valence-electron chi connectivity index (χ4n) is 2.81. The number of carbonyl (C=O) groups is 2. The van der Waals surface area contributed by atoms with Gasteiger partial charge in [0.1, 0.15) is 5.69 Å². The van der Waals surface area contributed by atoms with Crippen LogP contribution in [0.25, 0.3) is 0 Å². The molecule has 1 aliphatic heterocycles. The normalized spacial score (nSPS) is 18.2. The average molecular weight is 429 g/mol. The van der Waals surface area contributed by atoms with E-state index in [4.69, 9.17) is 16.3 Å². The topological polar surface area (TPSA) is 93.6 Å². The molecule has 144 valence electrons. The van der Waals surface area contributed by atoms with Crippen molar-refractivity contribution in [2.24, 2.45) is 0 Å².